The van der Waals surface area contributed by atoms with Gasteiger partial charge in [-0.05, 0) is 36.6 Å². The van der Waals surface area contributed by atoms with Crippen LogP contribution in [-0.2, 0) is 13.5 Å². The molecule has 4 heteroatoms. The standard InChI is InChI=1S/C13H14Cl2N2/c1-4-9-7-16-17(3)13(9)12-8(2)5-10(14)6-11(12)15/h5-7H,4H2,1-3H3. The van der Waals surface area contributed by atoms with Gasteiger partial charge in [0.15, 0.2) is 0 Å². The average Bonchev–Trinajstić information content (AvgIpc) is 2.59. The zero-order valence-electron chi connectivity index (χ0n) is 10.1. The molecule has 90 valence electrons. The lowest BCUT2D eigenvalue weighted by molar-refractivity contribution is 0.775. The number of rotatable bonds is 2. The Labute approximate surface area is 111 Å². The van der Waals surface area contributed by atoms with Crippen LogP contribution in [0.15, 0.2) is 18.3 Å². The van der Waals surface area contributed by atoms with E-state index in [1.807, 2.05) is 30.9 Å². The van der Waals surface area contributed by atoms with Crippen LogP contribution < -0.4 is 0 Å². The lowest BCUT2D eigenvalue weighted by Crippen LogP contribution is -1.98. The van der Waals surface area contributed by atoms with Gasteiger partial charge in [0.25, 0.3) is 0 Å². The molecule has 0 saturated carbocycles. The summed E-state index contributed by atoms with van der Waals surface area (Å²) in [6.45, 7) is 4.12. The summed E-state index contributed by atoms with van der Waals surface area (Å²) in [5.41, 5.74) is 4.36. The Morgan fingerprint density at radius 2 is 2.00 bits per heavy atom. The molecule has 1 aromatic carbocycles. The molecule has 0 aliphatic rings. The van der Waals surface area contributed by atoms with Gasteiger partial charge in [0.05, 0.1) is 16.9 Å². The van der Waals surface area contributed by atoms with Gasteiger partial charge in [-0.3, -0.25) is 4.68 Å². The first kappa shape index (κ1) is 12.5. The van der Waals surface area contributed by atoms with Gasteiger partial charge < -0.3 is 0 Å². The SMILES string of the molecule is CCc1cnn(C)c1-c1c(C)cc(Cl)cc1Cl. The molecule has 2 nitrogen and oxygen atoms in total. The minimum atomic E-state index is 0.663. The largest absolute Gasteiger partial charge is 0.268 e. The first-order chi connectivity index (χ1) is 8.04. The molecule has 0 radical (unpaired) electrons. The average molecular weight is 269 g/mol. The Morgan fingerprint density at radius 1 is 1.29 bits per heavy atom. The lowest BCUT2D eigenvalue weighted by Gasteiger charge is -2.11. The quantitative estimate of drug-likeness (QED) is 0.796. The molecule has 0 fully saturated rings. The van der Waals surface area contributed by atoms with Gasteiger partial charge >= 0.3 is 0 Å². The van der Waals surface area contributed by atoms with E-state index < -0.39 is 0 Å². The molecule has 0 aliphatic heterocycles. The molecule has 1 aromatic heterocycles. The van der Waals surface area contributed by atoms with Crippen LogP contribution in [0.5, 0.6) is 0 Å². The van der Waals surface area contributed by atoms with E-state index in [9.17, 15) is 0 Å². The van der Waals surface area contributed by atoms with Gasteiger partial charge in [0, 0.05) is 17.6 Å². The molecule has 0 aliphatic carbocycles. The molecule has 0 bridgehead atoms. The van der Waals surface area contributed by atoms with Gasteiger partial charge in [0.1, 0.15) is 0 Å². The van der Waals surface area contributed by atoms with E-state index in [0.29, 0.717) is 10.0 Å². The van der Waals surface area contributed by atoms with Crippen molar-refractivity contribution in [1.82, 2.24) is 9.78 Å². The highest BCUT2D eigenvalue weighted by molar-refractivity contribution is 6.36. The second-order valence-electron chi connectivity index (χ2n) is 4.08. The van der Waals surface area contributed by atoms with Crippen molar-refractivity contribution >= 4 is 23.2 Å². The lowest BCUT2D eigenvalue weighted by atomic mass is 10.0. The second kappa shape index (κ2) is 4.71. The maximum Gasteiger partial charge on any atom is 0.0728 e. The molecular weight excluding hydrogens is 255 g/mol. The Hall–Kier alpha value is -0.990. The first-order valence-electron chi connectivity index (χ1n) is 5.51. The van der Waals surface area contributed by atoms with Gasteiger partial charge in [0.2, 0.25) is 0 Å². The highest BCUT2D eigenvalue weighted by Crippen LogP contribution is 2.35. The van der Waals surface area contributed by atoms with Crippen LogP contribution >= 0.6 is 23.2 Å². The van der Waals surface area contributed by atoms with Crippen molar-refractivity contribution in [2.75, 3.05) is 0 Å². The van der Waals surface area contributed by atoms with E-state index in [-0.39, 0.29) is 0 Å². The third kappa shape index (κ3) is 2.20. The Bertz CT molecular complexity index is 536. The van der Waals surface area contributed by atoms with E-state index in [2.05, 4.69) is 12.0 Å². The Morgan fingerprint density at radius 3 is 2.59 bits per heavy atom. The first-order valence-corrected chi connectivity index (χ1v) is 6.27. The smallest absolute Gasteiger partial charge is 0.0728 e. The van der Waals surface area contributed by atoms with E-state index in [1.54, 1.807) is 6.07 Å². The van der Waals surface area contributed by atoms with Gasteiger partial charge in [-0.2, -0.15) is 5.10 Å². The maximum atomic E-state index is 6.30. The summed E-state index contributed by atoms with van der Waals surface area (Å²) in [5, 5.41) is 5.63. The number of hydrogen-bond donors (Lipinski definition) is 0. The highest BCUT2D eigenvalue weighted by Gasteiger charge is 2.15. The van der Waals surface area contributed by atoms with Gasteiger partial charge in [-0.15, -0.1) is 0 Å². The topological polar surface area (TPSA) is 17.8 Å². The van der Waals surface area contributed by atoms with Crippen molar-refractivity contribution in [3.8, 4) is 11.3 Å². The molecular formula is C13H14Cl2N2. The van der Waals surface area contributed by atoms with Crippen LogP contribution in [0, 0.1) is 6.92 Å². The fourth-order valence-electron chi connectivity index (χ4n) is 2.07. The number of halogens is 2. The fraction of sp³-hybridized carbons (Fsp3) is 0.308. The molecule has 17 heavy (non-hydrogen) atoms. The molecule has 0 amide bonds. The summed E-state index contributed by atoms with van der Waals surface area (Å²) in [6, 6.07) is 3.70. The zero-order valence-corrected chi connectivity index (χ0v) is 11.6. The molecule has 0 atom stereocenters. The van der Waals surface area contributed by atoms with Gasteiger partial charge in [-0.1, -0.05) is 30.1 Å². The number of nitrogens with zero attached hydrogens (tertiary/aromatic N) is 2. The zero-order chi connectivity index (χ0) is 12.6. The predicted octanol–water partition coefficient (Wildman–Crippen LogP) is 4.26. The fourth-order valence-corrected chi connectivity index (χ4v) is 2.75. The number of hydrogen-bond acceptors (Lipinski definition) is 1. The maximum absolute atomic E-state index is 6.30. The van der Waals surface area contributed by atoms with Crippen molar-refractivity contribution in [3.05, 3.63) is 39.5 Å². The Balaban J connectivity index is 2.72. The monoisotopic (exact) mass is 268 g/mol. The summed E-state index contributed by atoms with van der Waals surface area (Å²) in [7, 11) is 1.93. The predicted molar refractivity (Wildman–Crippen MR) is 72.8 cm³/mol. The van der Waals surface area contributed by atoms with Crippen molar-refractivity contribution in [2.24, 2.45) is 7.05 Å². The van der Waals surface area contributed by atoms with Gasteiger partial charge in [-0.25, -0.2) is 0 Å². The molecule has 0 unspecified atom stereocenters. The van der Waals surface area contributed by atoms with E-state index >= 15 is 0 Å². The number of benzene rings is 1. The molecule has 0 spiro atoms. The molecule has 2 rings (SSSR count). The van der Waals surface area contributed by atoms with Crippen LogP contribution in [0.2, 0.25) is 10.0 Å². The van der Waals surface area contributed by atoms with E-state index in [0.717, 1.165) is 23.2 Å². The number of aromatic nitrogens is 2. The highest BCUT2D eigenvalue weighted by atomic mass is 35.5. The van der Waals surface area contributed by atoms with Crippen LogP contribution in [0.1, 0.15) is 18.1 Å². The molecule has 1 heterocycles. The van der Waals surface area contributed by atoms with E-state index in [1.165, 1.54) is 5.56 Å². The van der Waals surface area contributed by atoms with Crippen LogP contribution in [-0.4, -0.2) is 9.78 Å². The van der Waals surface area contributed by atoms with E-state index in [4.69, 9.17) is 23.2 Å². The second-order valence-corrected chi connectivity index (χ2v) is 4.92. The molecule has 0 N–H and O–H groups in total. The van der Waals surface area contributed by atoms with Crippen molar-refractivity contribution in [1.29, 1.82) is 0 Å². The Kier molecular flexibility index (Phi) is 3.45. The van der Waals surface area contributed by atoms with Crippen LogP contribution in [0.3, 0.4) is 0 Å². The van der Waals surface area contributed by atoms with Crippen LogP contribution in [0.25, 0.3) is 11.3 Å². The van der Waals surface area contributed by atoms with Crippen molar-refractivity contribution in [2.45, 2.75) is 20.3 Å². The van der Waals surface area contributed by atoms with Crippen molar-refractivity contribution < 1.29 is 0 Å². The molecule has 0 saturated heterocycles. The minimum absolute atomic E-state index is 0.663. The summed E-state index contributed by atoms with van der Waals surface area (Å²) >= 11 is 12.3. The number of aryl methyl sites for hydroxylation is 3. The summed E-state index contributed by atoms with van der Waals surface area (Å²) in [6.07, 6.45) is 2.82. The third-order valence-corrected chi connectivity index (χ3v) is 3.40. The summed E-state index contributed by atoms with van der Waals surface area (Å²) in [4.78, 5) is 0. The third-order valence-electron chi connectivity index (χ3n) is 2.88. The summed E-state index contributed by atoms with van der Waals surface area (Å²) in [5.74, 6) is 0. The van der Waals surface area contributed by atoms with Crippen molar-refractivity contribution in [3.63, 3.8) is 0 Å². The minimum Gasteiger partial charge on any atom is -0.268 e. The normalized spacial score (nSPS) is 10.9. The summed E-state index contributed by atoms with van der Waals surface area (Å²) < 4.78 is 1.86. The molecule has 2 aromatic rings. The van der Waals surface area contributed by atoms with Crippen LogP contribution in [0.4, 0.5) is 0 Å².